The lowest BCUT2D eigenvalue weighted by atomic mass is 9.94. The van der Waals surface area contributed by atoms with Crippen LogP contribution in [0.25, 0.3) is 0 Å². The van der Waals surface area contributed by atoms with E-state index in [1.165, 1.54) is 12.1 Å². The first-order valence-electron chi connectivity index (χ1n) is 7.44. The molecule has 0 heterocycles. The van der Waals surface area contributed by atoms with Crippen LogP contribution >= 0.6 is 0 Å². The summed E-state index contributed by atoms with van der Waals surface area (Å²) in [4.78, 5) is 47.0. The third kappa shape index (κ3) is 3.75. The first-order valence-corrected chi connectivity index (χ1v) is 7.44. The Bertz CT molecular complexity index is 845. The van der Waals surface area contributed by atoms with E-state index in [9.17, 15) is 24.5 Å². The maximum Gasteiger partial charge on any atom is 0.324 e. The van der Waals surface area contributed by atoms with Crippen molar-refractivity contribution < 1.29 is 28.8 Å². The smallest absolute Gasteiger partial charge is 0.324 e. The molecule has 0 atom stereocenters. The van der Waals surface area contributed by atoms with Gasteiger partial charge in [-0.25, -0.2) is 0 Å². The van der Waals surface area contributed by atoms with Crippen LogP contribution in [-0.4, -0.2) is 36.9 Å². The Kier molecular flexibility index (Phi) is 5.79. The normalized spacial score (nSPS) is 10.3. The van der Waals surface area contributed by atoms with Gasteiger partial charge in [-0.05, 0) is 6.07 Å². The quantitative estimate of drug-likeness (QED) is 0.256. The van der Waals surface area contributed by atoms with Crippen LogP contribution in [0.2, 0.25) is 0 Å². The van der Waals surface area contributed by atoms with Crippen LogP contribution in [0.5, 0.6) is 0 Å². The number of ether oxygens (including phenoxy) is 2. The van der Waals surface area contributed by atoms with Gasteiger partial charge >= 0.3 is 11.9 Å². The van der Waals surface area contributed by atoms with Crippen LogP contribution in [0, 0.1) is 10.1 Å². The zero-order chi connectivity index (χ0) is 19.3. The van der Waals surface area contributed by atoms with Gasteiger partial charge in [0.05, 0.1) is 24.7 Å². The highest BCUT2D eigenvalue weighted by atomic mass is 16.6. The van der Waals surface area contributed by atoms with E-state index in [2.05, 4.69) is 9.47 Å². The summed E-state index contributed by atoms with van der Waals surface area (Å²) in [6.07, 6.45) is 0. The molecule has 0 spiro atoms. The number of hydrogen-bond donors (Lipinski definition) is 0. The molecule has 26 heavy (non-hydrogen) atoms. The molecule has 0 aromatic heterocycles. The molecular formula is C18H15NO7. The summed E-state index contributed by atoms with van der Waals surface area (Å²) >= 11 is 0. The molecule has 0 saturated carbocycles. The van der Waals surface area contributed by atoms with Gasteiger partial charge in [-0.15, -0.1) is 0 Å². The number of carbonyl (C=O) groups is 3. The highest BCUT2D eigenvalue weighted by Crippen LogP contribution is 2.30. The highest BCUT2D eigenvalue weighted by molar-refractivity contribution is 6.09. The molecule has 0 aliphatic carbocycles. The summed E-state index contributed by atoms with van der Waals surface area (Å²) in [6.45, 7) is 0. The van der Waals surface area contributed by atoms with Gasteiger partial charge in [-0.3, -0.25) is 24.5 Å². The topological polar surface area (TPSA) is 113 Å². The van der Waals surface area contributed by atoms with Crippen LogP contribution in [-0.2, 0) is 19.1 Å². The number of rotatable bonds is 6. The largest absolute Gasteiger partial charge is 0.468 e. The van der Waals surface area contributed by atoms with Gasteiger partial charge in [0.1, 0.15) is 0 Å². The Balaban J connectivity index is 2.56. The fraction of sp³-hybridized carbons (Fsp3) is 0.167. The number of benzene rings is 2. The second-order valence-corrected chi connectivity index (χ2v) is 5.21. The predicted octanol–water partition coefficient (Wildman–Crippen LogP) is 2.26. The van der Waals surface area contributed by atoms with Crippen molar-refractivity contribution >= 4 is 23.4 Å². The second kappa shape index (κ2) is 8.02. The Morgan fingerprint density at radius 2 is 1.50 bits per heavy atom. The van der Waals surface area contributed by atoms with Crippen molar-refractivity contribution in [2.24, 2.45) is 0 Å². The van der Waals surface area contributed by atoms with Crippen molar-refractivity contribution in [3.8, 4) is 0 Å². The van der Waals surface area contributed by atoms with Gasteiger partial charge in [0.2, 0.25) is 0 Å². The third-order valence-electron chi connectivity index (χ3n) is 3.71. The Morgan fingerprint density at radius 1 is 0.923 bits per heavy atom. The van der Waals surface area contributed by atoms with Crippen LogP contribution in [0.3, 0.4) is 0 Å². The lowest BCUT2D eigenvalue weighted by Gasteiger charge is -2.13. The number of hydrogen-bond acceptors (Lipinski definition) is 7. The number of nitro groups is 1. The molecule has 0 radical (unpaired) electrons. The molecule has 8 heteroatoms. The van der Waals surface area contributed by atoms with Crippen molar-refractivity contribution in [1.29, 1.82) is 0 Å². The van der Waals surface area contributed by atoms with Gasteiger partial charge in [-0.1, -0.05) is 36.4 Å². The molecule has 0 saturated heterocycles. The van der Waals surface area contributed by atoms with E-state index in [-0.39, 0.29) is 11.1 Å². The Morgan fingerprint density at radius 3 is 2.00 bits per heavy atom. The van der Waals surface area contributed by atoms with Crippen LogP contribution in [0.15, 0.2) is 48.5 Å². The number of methoxy groups -OCH3 is 2. The zero-order valence-electron chi connectivity index (χ0n) is 14.0. The average molecular weight is 357 g/mol. The van der Waals surface area contributed by atoms with E-state index in [1.807, 2.05) is 0 Å². The molecule has 0 bridgehead atoms. The molecule has 8 nitrogen and oxygen atoms in total. The van der Waals surface area contributed by atoms with E-state index in [1.54, 1.807) is 30.3 Å². The van der Waals surface area contributed by atoms with Crippen LogP contribution in [0.4, 0.5) is 5.69 Å². The first-order chi connectivity index (χ1) is 12.4. The van der Waals surface area contributed by atoms with E-state index in [0.29, 0.717) is 5.56 Å². The van der Waals surface area contributed by atoms with Gasteiger partial charge in [0, 0.05) is 17.2 Å². The molecule has 0 N–H and O–H groups in total. The minimum atomic E-state index is -1.62. The number of esters is 2. The van der Waals surface area contributed by atoms with Crippen molar-refractivity contribution in [2.75, 3.05) is 14.2 Å². The summed E-state index contributed by atoms with van der Waals surface area (Å²) in [6, 6.07) is 11.8. The highest BCUT2D eigenvalue weighted by Gasteiger charge is 2.36. The fourth-order valence-electron chi connectivity index (χ4n) is 2.43. The molecule has 134 valence electrons. The maximum absolute atomic E-state index is 12.5. The van der Waals surface area contributed by atoms with Gasteiger partial charge in [-0.2, -0.15) is 0 Å². The number of ketones is 1. The van der Waals surface area contributed by atoms with Crippen molar-refractivity contribution in [2.45, 2.75) is 5.92 Å². The third-order valence-corrected chi connectivity index (χ3v) is 3.71. The first kappa shape index (κ1) is 18.8. The van der Waals surface area contributed by atoms with E-state index >= 15 is 0 Å². The molecule has 2 rings (SSSR count). The number of carbonyl (C=O) groups excluding carboxylic acids is 3. The summed E-state index contributed by atoms with van der Waals surface area (Å²) < 4.78 is 9.08. The number of nitrogens with zero attached hydrogens (tertiary/aromatic N) is 1. The second-order valence-electron chi connectivity index (χ2n) is 5.21. The zero-order valence-corrected chi connectivity index (χ0v) is 14.0. The molecule has 0 aliphatic rings. The molecule has 0 amide bonds. The fourth-order valence-corrected chi connectivity index (χ4v) is 2.43. The van der Waals surface area contributed by atoms with Crippen molar-refractivity contribution in [3.63, 3.8) is 0 Å². The summed E-state index contributed by atoms with van der Waals surface area (Å²) in [7, 11) is 2.11. The molecule has 2 aromatic rings. The monoisotopic (exact) mass is 357 g/mol. The molecule has 0 fully saturated rings. The van der Waals surface area contributed by atoms with E-state index in [4.69, 9.17) is 0 Å². The molecule has 0 unspecified atom stereocenters. The van der Waals surface area contributed by atoms with Gasteiger partial charge in [0.15, 0.2) is 11.7 Å². The summed E-state index contributed by atoms with van der Waals surface area (Å²) in [5, 5.41) is 11.4. The number of nitro benzene ring substituents is 1. The SMILES string of the molecule is COC(=O)C(C(=O)OC)c1ccc(C(=O)c2ccccc2)cc1[N+](=O)[O-]. The average Bonchev–Trinajstić information content (AvgIpc) is 2.67. The molecule has 2 aromatic carbocycles. The van der Waals surface area contributed by atoms with E-state index < -0.39 is 34.3 Å². The van der Waals surface area contributed by atoms with Gasteiger partial charge < -0.3 is 9.47 Å². The minimum Gasteiger partial charge on any atom is -0.468 e. The Hall–Kier alpha value is -3.55. The molecule has 0 aliphatic heterocycles. The Labute approximate surface area is 148 Å². The lowest BCUT2D eigenvalue weighted by Crippen LogP contribution is -2.25. The van der Waals surface area contributed by atoms with Crippen molar-refractivity contribution in [1.82, 2.24) is 0 Å². The van der Waals surface area contributed by atoms with E-state index in [0.717, 1.165) is 20.3 Å². The predicted molar refractivity (Wildman–Crippen MR) is 89.7 cm³/mol. The minimum absolute atomic E-state index is 0.0557. The lowest BCUT2D eigenvalue weighted by molar-refractivity contribution is -0.385. The summed E-state index contributed by atoms with van der Waals surface area (Å²) in [5.41, 5.74) is -0.349. The van der Waals surface area contributed by atoms with Crippen molar-refractivity contribution in [3.05, 3.63) is 75.3 Å². The maximum atomic E-state index is 12.5. The summed E-state index contributed by atoms with van der Waals surface area (Å²) in [5.74, 6) is -4.04. The van der Waals surface area contributed by atoms with Gasteiger partial charge in [0.25, 0.3) is 5.69 Å². The standard InChI is InChI=1S/C18H15NO7/c1-25-17(21)15(18(22)26-2)13-9-8-12(10-14(13)19(23)24)16(20)11-6-4-3-5-7-11/h3-10,15H,1-2H3. The molecular weight excluding hydrogens is 342 g/mol. The van der Waals surface area contributed by atoms with Crippen LogP contribution < -0.4 is 0 Å². The van der Waals surface area contributed by atoms with Crippen LogP contribution in [0.1, 0.15) is 27.4 Å².